The molecule has 1 atom stereocenters. The van der Waals surface area contributed by atoms with Crippen LogP contribution in [0.2, 0.25) is 0 Å². The summed E-state index contributed by atoms with van der Waals surface area (Å²) in [7, 11) is 0. The lowest BCUT2D eigenvalue weighted by Gasteiger charge is -2.18. The van der Waals surface area contributed by atoms with Gasteiger partial charge in [0.2, 0.25) is 0 Å². The standard InChI is InChI=1S/C54H90O6/c1-4-7-10-13-16-19-22-24-26-28-29-32-35-38-41-44-47-53(56)59-50-51(49-58-52(55)46-43-40-37-34-31-21-18-15-12-9-6-3)60-54(57)48-45-42-39-36-33-30-27-25-23-20-17-14-11-8-5-2/h8,11,14-15,17-18,20-21,23,26,28-29,31-32,51H,4-7,9-10,12-13,16,19,22,24-25,27,30,33-50H2,1-3H3/b11-8-,17-14-,18-15-,23-20-,28-26-,31-21-,32-29-. The Labute approximate surface area is 369 Å². The summed E-state index contributed by atoms with van der Waals surface area (Å²) in [6, 6.07) is 0. The van der Waals surface area contributed by atoms with Crippen LogP contribution in [0, 0.1) is 0 Å². The lowest BCUT2D eigenvalue weighted by Crippen LogP contribution is -2.30. The van der Waals surface area contributed by atoms with Gasteiger partial charge in [-0.3, -0.25) is 14.4 Å². The summed E-state index contributed by atoms with van der Waals surface area (Å²) in [4.78, 5) is 37.9. The van der Waals surface area contributed by atoms with E-state index in [2.05, 4.69) is 106 Å². The molecule has 0 aliphatic heterocycles. The molecule has 342 valence electrons. The summed E-state index contributed by atoms with van der Waals surface area (Å²) < 4.78 is 16.7. The average molecular weight is 835 g/mol. The molecule has 0 aliphatic carbocycles. The van der Waals surface area contributed by atoms with Crippen molar-refractivity contribution in [2.24, 2.45) is 0 Å². The summed E-state index contributed by atoms with van der Waals surface area (Å²) in [5, 5.41) is 0. The molecular formula is C54H90O6. The van der Waals surface area contributed by atoms with Crippen LogP contribution in [0.25, 0.3) is 0 Å². The molecule has 0 aromatic rings. The topological polar surface area (TPSA) is 78.9 Å². The van der Waals surface area contributed by atoms with E-state index in [-0.39, 0.29) is 31.1 Å². The molecule has 6 heteroatoms. The Morgan fingerprint density at radius 2 is 0.667 bits per heavy atom. The summed E-state index contributed by atoms with van der Waals surface area (Å²) in [5.41, 5.74) is 0. The minimum Gasteiger partial charge on any atom is -0.462 e. The number of hydrogen-bond donors (Lipinski definition) is 0. The van der Waals surface area contributed by atoms with Crippen molar-refractivity contribution in [3.63, 3.8) is 0 Å². The first kappa shape index (κ1) is 56.6. The third-order valence-corrected chi connectivity index (χ3v) is 10.2. The highest BCUT2D eigenvalue weighted by molar-refractivity contribution is 5.71. The van der Waals surface area contributed by atoms with Crippen LogP contribution in [0.5, 0.6) is 0 Å². The van der Waals surface area contributed by atoms with Gasteiger partial charge < -0.3 is 14.2 Å². The van der Waals surface area contributed by atoms with Crippen molar-refractivity contribution in [1.82, 2.24) is 0 Å². The molecule has 0 radical (unpaired) electrons. The molecule has 0 N–H and O–H groups in total. The Morgan fingerprint density at radius 1 is 0.350 bits per heavy atom. The molecule has 0 saturated carbocycles. The first-order valence-electron chi connectivity index (χ1n) is 24.7. The fourth-order valence-electron chi connectivity index (χ4n) is 6.47. The van der Waals surface area contributed by atoms with Gasteiger partial charge in [-0.2, -0.15) is 0 Å². The molecule has 0 aliphatic rings. The monoisotopic (exact) mass is 835 g/mol. The van der Waals surface area contributed by atoms with E-state index in [1.165, 1.54) is 77.0 Å². The molecule has 0 bridgehead atoms. The van der Waals surface area contributed by atoms with E-state index in [4.69, 9.17) is 14.2 Å². The first-order valence-corrected chi connectivity index (χ1v) is 24.7. The van der Waals surface area contributed by atoms with Gasteiger partial charge in [-0.1, -0.05) is 202 Å². The predicted octanol–water partition coefficient (Wildman–Crippen LogP) is 16.0. The van der Waals surface area contributed by atoms with E-state index in [1.807, 2.05) is 0 Å². The van der Waals surface area contributed by atoms with Crippen molar-refractivity contribution in [2.75, 3.05) is 13.2 Å². The zero-order valence-corrected chi connectivity index (χ0v) is 38.9. The van der Waals surface area contributed by atoms with E-state index in [0.717, 1.165) is 103 Å². The van der Waals surface area contributed by atoms with Gasteiger partial charge in [-0.05, 0) is 83.5 Å². The highest BCUT2D eigenvalue weighted by Gasteiger charge is 2.19. The van der Waals surface area contributed by atoms with Crippen LogP contribution >= 0.6 is 0 Å². The van der Waals surface area contributed by atoms with Crippen LogP contribution in [0.15, 0.2) is 85.1 Å². The van der Waals surface area contributed by atoms with Crippen LogP contribution in [0.3, 0.4) is 0 Å². The number of rotatable bonds is 43. The zero-order chi connectivity index (χ0) is 43.7. The predicted molar refractivity (Wildman–Crippen MR) is 256 cm³/mol. The summed E-state index contributed by atoms with van der Waals surface area (Å²) >= 11 is 0. The van der Waals surface area contributed by atoms with Crippen LogP contribution in [0.1, 0.15) is 220 Å². The van der Waals surface area contributed by atoms with Crippen LogP contribution in [0.4, 0.5) is 0 Å². The number of hydrogen-bond acceptors (Lipinski definition) is 6. The second-order valence-electron chi connectivity index (χ2n) is 16.1. The molecule has 0 fully saturated rings. The van der Waals surface area contributed by atoms with Gasteiger partial charge in [-0.25, -0.2) is 0 Å². The number of esters is 3. The number of ether oxygens (including phenoxy) is 3. The largest absolute Gasteiger partial charge is 0.462 e. The fourth-order valence-corrected chi connectivity index (χ4v) is 6.47. The maximum Gasteiger partial charge on any atom is 0.306 e. The number of carbonyl (C=O) groups excluding carboxylic acids is 3. The maximum atomic E-state index is 12.8. The van der Waals surface area contributed by atoms with E-state index < -0.39 is 6.10 Å². The van der Waals surface area contributed by atoms with E-state index in [0.29, 0.717) is 19.3 Å². The van der Waals surface area contributed by atoms with Gasteiger partial charge in [0.05, 0.1) is 0 Å². The summed E-state index contributed by atoms with van der Waals surface area (Å²) in [6.45, 7) is 6.38. The van der Waals surface area contributed by atoms with Gasteiger partial charge in [0, 0.05) is 19.3 Å². The van der Waals surface area contributed by atoms with Crippen molar-refractivity contribution in [3.05, 3.63) is 85.1 Å². The Hall–Kier alpha value is -3.41. The molecule has 0 saturated heterocycles. The summed E-state index contributed by atoms with van der Waals surface area (Å²) in [5.74, 6) is -0.973. The van der Waals surface area contributed by atoms with E-state index >= 15 is 0 Å². The molecule has 6 nitrogen and oxygen atoms in total. The molecule has 0 rings (SSSR count). The third-order valence-electron chi connectivity index (χ3n) is 10.2. The van der Waals surface area contributed by atoms with Crippen molar-refractivity contribution < 1.29 is 28.6 Å². The smallest absolute Gasteiger partial charge is 0.306 e. The molecule has 0 spiro atoms. The number of unbranched alkanes of at least 4 members (excludes halogenated alkanes) is 22. The van der Waals surface area contributed by atoms with Gasteiger partial charge in [0.25, 0.3) is 0 Å². The van der Waals surface area contributed by atoms with Gasteiger partial charge in [0.1, 0.15) is 13.2 Å². The van der Waals surface area contributed by atoms with Crippen molar-refractivity contribution in [3.8, 4) is 0 Å². The number of carbonyl (C=O) groups is 3. The molecule has 0 amide bonds. The third kappa shape index (κ3) is 45.7. The lowest BCUT2D eigenvalue weighted by atomic mass is 10.1. The molecule has 0 aromatic carbocycles. The van der Waals surface area contributed by atoms with Crippen LogP contribution in [-0.4, -0.2) is 37.2 Å². The minimum absolute atomic E-state index is 0.105. The molecule has 1 unspecified atom stereocenters. The highest BCUT2D eigenvalue weighted by atomic mass is 16.6. The van der Waals surface area contributed by atoms with E-state index in [1.54, 1.807) is 0 Å². The highest BCUT2D eigenvalue weighted by Crippen LogP contribution is 2.13. The second-order valence-corrected chi connectivity index (χ2v) is 16.1. The minimum atomic E-state index is -0.803. The number of allylic oxidation sites excluding steroid dienone is 14. The van der Waals surface area contributed by atoms with Crippen LogP contribution < -0.4 is 0 Å². The lowest BCUT2D eigenvalue weighted by molar-refractivity contribution is -0.167. The normalized spacial score (nSPS) is 12.8. The Morgan fingerprint density at radius 3 is 1.08 bits per heavy atom. The Bertz CT molecular complexity index is 1190. The maximum absolute atomic E-state index is 12.8. The van der Waals surface area contributed by atoms with Gasteiger partial charge >= 0.3 is 17.9 Å². The zero-order valence-electron chi connectivity index (χ0n) is 38.9. The molecule has 0 heterocycles. The van der Waals surface area contributed by atoms with Gasteiger partial charge in [-0.15, -0.1) is 0 Å². The Balaban J connectivity index is 4.47. The van der Waals surface area contributed by atoms with Crippen molar-refractivity contribution >= 4 is 17.9 Å². The van der Waals surface area contributed by atoms with Crippen molar-refractivity contribution in [1.29, 1.82) is 0 Å². The first-order chi connectivity index (χ1) is 29.5. The molecular weight excluding hydrogens is 745 g/mol. The van der Waals surface area contributed by atoms with E-state index in [9.17, 15) is 14.4 Å². The SMILES string of the molecule is CC\C=C/C=C\C=C/CCCCCCCCCC(=O)OC(COC(=O)CCCCC/C=C\C=C/CCCC)COC(=O)CCCCC/C=C\C=C/CCCCCCCCC. The second kappa shape index (κ2) is 48.3. The average Bonchev–Trinajstić information content (AvgIpc) is 3.24. The summed E-state index contributed by atoms with van der Waals surface area (Å²) in [6.07, 6.45) is 61.4. The van der Waals surface area contributed by atoms with Crippen molar-refractivity contribution in [2.45, 2.75) is 226 Å². The quantitative estimate of drug-likeness (QED) is 0.0263. The molecule has 60 heavy (non-hydrogen) atoms. The Kier molecular flexibility index (Phi) is 45.5. The fraction of sp³-hybridized carbons (Fsp3) is 0.685. The van der Waals surface area contributed by atoms with Crippen LogP contribution in [-0.2, 0) is 28.6 Å². The van der Waals surface area contributed by atoms with Gasteiger partial charge in [0.15, 0.2) is 6.10 Å². The molecule has 0 aromatic heterocycles.